The van der Waals surface area contributed by atoms with Crippen LogP contribution in [-0.4, -0.2) is 57.9 Å². The van der Waals surface area contributed by atoms with E-state index in [-0.39, 0.29) is 18.5 Å². The zero-order valence-electron chi connectivity index (χ0n) is 14.5. The van der Waals surface area contributed by atoms with Crippen LogP contribution >= 0.6 is 0 Å². The molecule has 9 nitrogen and oxygen atoms in total. The maximum absolute atomic E-state index is 13.0. The Bertz CT molecular complexity index is 885. The summed E-state index contributed by atoms with van der Waals surface area (Å²) in [7, 11) is -3.31. The smallest absolute Gasteiger partial charge is 0.272 e. The minimum absolute atomic E-state index is 0.112. The molecule has 2 aromatic heterocycles. The van der Waals surface area contributed by atoms with Crippen LogP contribution < -0.4 is 4.72 Å². The van der Waals surface area contributed by atoms with Gasteiger partial charge in [-0.15, -0.1) is 0 Å². The first-order valence-corrected chi connectivity index (χ1v) is 9.96. The highest BCUT2D eigenvalue weighted by molar-refractivity contribution is 7.88. The first kappa shape index (κ1) is 17.6. The molecule has 1 N–H and O–H groups in total. The summed E-state index contributed by atoms with van der Waals surface area (Å²) >= 11 is 0. The van der Waals surface area contributed by atoms with Crippen LogP contribution in [-0.2, 0) is 23.1 Å². The molecular formula is C15H22N6O3S. The van der Waals surface area contributed by atoms with Gasteiger partial charge in [-0.2, -0.15) is 5.10 Å². The predicted molar refractivity (Wildman–Crippen MR) is 91.5 cm³/mol. The van der Waals surface area contributed by atoms with E-state index in [1.807, 2.05) is 18.4 Å². The quantitative estimate of drug-likeness (QED) is 0.812. The van der Waals surface area contributed by atoms with Crippen molar-refractivity contribution in [1.82, 2.24) is 29.0 Å². The molecule has 136 valence electrons. The third-order valence-electron chi connectivity index (χ3n) is 4.21. The number of amides is 1. The number of nitrogens with zero attached hydrogens (tertiary/aromatic N) is 5. The SMILES string of the molecule is CCn1nc(C)cc1C(=O)N1Cc2cncn2C(CNS(C)(=O)=O)C1. The van der Waals surface area contributed by atoms with Gasteiger partial charge >= 0.3 is 0 Å². The molecule has 0 fully saturated rings. The van der Waals surface area contributed by atoms with Crippen molar-refractivity contribution >= 4 is 15.9 Å². The third kappa shape index (κ3) is 3.74. The summed E-state index contributed by atoms with van der Waals surface area (Å²) in [5, 5.41) is 4.33. The molecule has 2 aromatic rings. The van der Waals surface area contributed by atoms with Crippen LogP contribution in [0.2, 0.25) is 0 Å². The van der Waals surface area contributed by atoms with Crippen molar-refractivity contribution in [1.29, 1.82) is 0 Å². The number of aromatic nitrogens is 4. The molecule has 1 unspecified atom stereocenters. The van der Waals surface area contributed by atoms with Crippen molar-refractivity contribution in [3.63, 3.8) is 0 Å². The average molecular weight is 366 g/mol. The van der Waals surface area contributed by atoms with Crippen molar-refractivity contribution < 1.29 is 13.2 Å². The maximum Gasteiger partial charge on any atom is 0.272 e. The van der Waals surface area contributed by atoms with Crippen LogP contribution in [0.1, 0.15) is 34.8 Å². The van der Waals surface area contributed by atoms with Gasteiger partial charge in [-0.05, 0) is 19.9 Å². The Kier molecular flexibility index (Phi) is 4.65. The fourth-order valence-electron chi connectivity index (χ4n) is 3.07. The fourth-order valence-corrected chi connectivity index (χ4v) is 3.57. The van der Waals surface area contributed by atoms with Crippen LogP contribution in [0.4, 0.5) is 0 Å². The molecule has 3 rings (SSSR count). The summed E-state index contributed by atoms with van der Waals surface area (Å²) in [5.41, 5.74) is 2.21. The second kappa shape index (κ2) is 6.60. The molecule has 0 radical (unpaired) electrons. The number of sulfonamides is 1. The topological polar surface area (TPSA) is 102 Å². The minimum atomic E-state index is -3.31. The van der Waals surface area contributed by atoms with Crippen LogP contribution in [0.25, 0.3) is 0 Å². The molecule has 3 heterocycles. The summed E-state index contributed by atoms with van der Waals surface area (Å²) in [6, 6.07) is 1.57. The Morgan fingerprint density at radius 1 is 1.44 bits per heavy atom. The van der Waals surface area contributed by atoms with Crippen molar-refractivity contribution in [2.75, 3.05) is 19.3 Å². The second-order valence-corrected chi connectivity index (χ2v) is 8.07. The standard InChI is InChI=1S/C15H22N6O3S/c1-4-21-14(5-11(2)18-21)15(22)19-8-12-6-16-10-20(12)13(9-19)7-17-25(3,23)24/h5-6,10,13,17H,4,7-9H2,1-3H3. The van der Waals surface area contributed by atoms with E-state index in [0.717, 1.165) is 17.6 Å². The number of carbonyl (C=O) groups is 1. The van der Waals surface area contributed by atoms with E-state index in [0.29, 0.717) is 25.3 Å². The van der Waals surface area contributed by atoms with Gasteiger partial charge in [0, 0.05) is 25.8 Å². The molecule has 1 amide bonds. The first-order valence-electron chi connectivity index (χ1n) is 8.07. The van der Waals surface area contributed by atoms with E-state index >= 15 is 0 Å². The number of rotatable bonds is 5. The summed E-state index contributed by atoms with van der Waals surface area (Å²) in [5.74, 6) is -0.112. The highest BCUT2D eigenvalue weighted by Crippen LogP contribution is 2.22. The lowest BCUT2D eigenvalue weighted by molar-refractivity contribution is 0.0668. The zero-order valence-corrected chi connectivity index (χ0v) is 15.3. The van der Waals surface area contributed by atoms with E-state index in [1.165, 1.54) is 0 Å². The van der Waals surface area contributed by atoms with E-state index in [2.05, 4.69) is 14.8 Å². The Morgan fingerprint density at radius 3 is 2.88 bits per heavy atom. The Morgan fingerprint density at radius 2 is 2.20 bits per heavy atom. The van der Waals surface area contributed by atoms with Gasteiger partial charge < -0.3 is 9.47 Å². The van der Waals surface area contributed by atoms with Crippen LogP contribution in [0.3, 0.4) is 0 Å². The molecule has 0 saturated heterocycles. The molecular weight excluding hydrogens is 344 g/mol. The molecule has 1 atom stereocenters. The number of hydrogen-bond acceptors (Lipinski definition) is 5. The molecule has 1 aliphatic heterocycles. The number of aryl methyl sites for hydroxylation is 2. The van der Waals surface area contributed by atoms with E-state index in [4.69, 9.17) is 0 Å². The number of hydrogen-bond donors (Lipinski definition) is 1. The molecule has 0 aromatic carbocycles. The Hall–Kier alpha value is -2.20. The van der Waals surface area contributed by atoms with E-state index in [1.54, 1.807) is 28.2 Å². The lowest BCUT2D eigenvalue weighted by Gasteiger charge is -2.34. The Labute approximate surface area is 146 Å². The van der Waals surface area contributed by atoms with Crippen molar-refractivity contribution in [3.8, 4) is 0 Å². The molecule has 0 aliphatic carbocycles. The number of carbonyl (C=O) groups excluding carboxylic acids is 1. The molecule has 0 saturated carbocycles. The zero-order chi connectivity index (χ0) is 18.2. The van der Waals surface area contributed by atoms with Gasteiger partial charge in [0.05, 0.1) is 36.6 Å². The van der Waals surface area contributed by atoms with Gasteiger partial charge in [-0.3, -0.25) is 9.48 Å². The number of nitrogens with one attached hydrogen (secondary N) is 1. The predicted octanol–water partition coefficient (Wildman–Crippen LogP) is 0.154. The first-order chi connectivity index (χ1) is 11.8. The van der Waals surface area contributed by atoms with Gasteiger partial charge in [0.25, 0.3) is 5.91 Å². The number of fused-ring (bicyclic) bond motifs is 1. The summed E-state index contributed by atoms with van der Waals surface area (Å²) in [6.45, 7) is 5.44. The van der Waals surface area contributed by atoms with Crippen LogP contribution in [0.5, 0.6) is 0 Å². The monoisotopic (exact) mass is 366 g/mol. The largest absolute Gasteiger partial charge is 0.329 e. The summed E-state index contributed by atoms with van der Waals surface area (Å²) < 4.78 is 29.0. The summed E-state index contributed by atoms with van der Waals surface area (Å²) in [6.07, 6.45) is 4.50. The number of imidazole rings is 1. The molecule has 10 heteroatoms. The lowest BCUT2D eigenvalue weighted by Crippen LogP contribution is -2.45. The van der Waals surface area contributed by atoms with Gasteiger partial charge in [-0.1, -0.05) is 0 Å². The lowest BCUT2D eigenvalue weighted by atomic mass is 10.1. The fraction of sp³-hybridized carbons (Fsp3) is 0.533. The van der Waals surface area contributed by atoms with E-state index in [9.17, 15) is 13.2 Å². The summed E-state index contributed by atoms with van der Waals surface area (Å²) in [4.78, 5) is 18.8. The molecule has 0 spiro atoms. The second-order valence-electron chi connectivity index (χ2n) is 6.24. The van der Waals surface area contributed by atoms with Crippen LogP contribution in [0, 0.1) is 6.92 Å². The average Bonchev–Trinajstić information content (AvgIpc) is 3.16. The van der Waals surface area contributed by atoms with Gasteiger partial charge in [0.15, 0.2) is 0 Å². The van der Waals surface area contributed by atoms with Gasteiger partial charge in [0.1, 0.15) is 5.69 Å². The van der Waals surface area contributed by atoms with Gasteiger partial charge in [0.2, 0.25) is 10.0 Å². The van der Waals surface area contributed by atoms with Crippen molar-refractivity contribution in [3.05, 3.63) is 35.7 Å². The molecule has 1 aliphatic rings. The maximum atomic E-state index is 13.0. The molecule has 25 heavy (non-hydrogen) atoms. The van der Waals surface area contributed by atoms with Crippen molar-refractivity contribution in [2.45, 2.75) is 33.0 Å². The van der Waals surface area contributed by atoms with Crippen LogP contribution in [0.15, 0.2) is 18.6 Å². The van der Waals surface area contributed by atoms with E-state index < -0.39 is 10.0 Å². The highest BCUT2D eigenvalue weighted by Gasteiger charge is 2.30. The highest BCUT2D eigenvalue weighted by atomic mass is 32.2. The van der Waals surface area contributed by atoms with Crippen molar-refractivity contribution in [2.24, 2.45) is 0 Å². The normalized spacial score (nSPS) is 17.6. The minimum Gasteiger partial charge on any atom is -0.329 e. The van der Waals surface area contributed by atoms with Gasteiger partial charge in [-0.25, -0.2) is 18.1 Å². The molecule has 0 bridgehead atoms. The third-order valence-corrected chi connectivity index (χ3v) is 4.90. The Balaban J connectivity index is 1.85.